The van der Waals surface area contributed by atoms with Gasteiger partial charge in [0.2, 0.25) is 5.91 Å². The number of amides is 1. The summed E-state index contributed by atoms with van der Waals surface area (Å²) in [7, 11) is 0. The number of hydrogen-bond donors (Lipinski definition) is 1. The molecule has 0 spiro atoms. The van der Waals surface area contributed by atoms with Crippen LogP contribution in [-0.2, 0) is 4.79 Å². The van der Waals surface area contributed by atoms with Crippen molar-refractivity contribution in [3.8, 4) is 11.6 Å². The van der Waals surface area contributed by atoms with E-state index in [0.717, 1.165) is 69.4 Å². The van der Waals surface area contributed by atoms with Crippen LogP contribution in [0.3, 0.4) is 0 Å². The number of imidazole rings is 1. The molecule has 1 amide bonds. The molecule has 1 N–H and O–H groups in total. The fourth-order valence-electron chi connectivity index (χ4n) is 4.51. The first-order valence-corrected chi connectivity index (χ1v) is 11.1. The zero-order valence-corrected chi connectivity index (χ0v) is 17.9. The molecule has 2 aromatic heterocycles. The molecule has 2 aliphatic rings. The van der Waals surface area contributed by atoms with Gasteiger partial charge in [-0.05, 0) is 37.1 Å². The first kappa shape index (κ1) is 20.3. The van der Waals surface area contributed by atoms with Crippen molar-refractivity contribution in [3.63, 3.8) is 0 Å². The van der Waals surface area contributed by atoms with E-state index in [1.54, 1.807) is 31.0 Å². The summed E-state index contributed by atoms with van der Waals surface area (Å²) in [6.45, 7) is 4.72. The highest BCUT2D eigenvalue weighted by atomic mass is 16.3. The summed E-state index contributed by atoms with van der Waals surface area (Å²) in [5, 5.41) is 9.48. The lowest BCUT2D eigenvalue weighted by Crippen LogP contribution is -2.51. The van der Waals surface area contributed by atoms with Crippen LogP contribution in [-0.4, -0.2) is 74.7 Å². The average molecular weight is 434 g/mol. The fourth-order valence-corrected chi connectivity index (χ4v) is 4.51. The second-order valence-corrected chi connectivity index (χ2v) is 8.29. The van der Waals surface area contributed by atoms with Crippen molar-refractivity contribution < 1.29 is 9.90 Å². The molecule has 2 fully saturated rings. The largest absolute Gasteiger partial charge is 0.508 e. The Kier molecular flexibility index (Phi) is 5.62. The molecule has 0 aliphatic carbocycles. The third kappa shape index (κ3) is 4.23. The molecule has 0 bridgehead atoms. The Labute approximate surface area is 186 Å². The molecule has 9 heteroatoms. The number of anilines is 2. The number of nitrogens with zero attached hydrogens (tertiary/aromatic N) is 7. The number of benzene rings is 1. The Morgan fingerprint density at radius 1 is 0.906 bits per heavy atom. The summed E-state index contributed by atoms with van der Waals surface area (Å²) in [5.74, 6) is 2.29. The average Bonchev–Trinajstić information content (AvgIpc) is 3.40. The van der Waals surface area contributed by atoms with E-state index < -0.39 is 0 Å². The number of aromatic hydroxyl groups is 1. The molecule has 1 aromatic carbocycles. The van der Waals surface area contributed by atoms with Crippen LogP contribution < -0.4 is 9.80 Å². The van der Waals surface area contributed by atoms with Gasteiger partial charge in [0, 0.05) is 69.3 Å². The van der Waals surface area contributed by atoms with Gasteiger partial charge in [0.15, 0.2) is 0 Å². The Morgan fingerprint density at radius 3 is 2.31 bits per heavy atom. The van der Waals surface area contributed by atoms with Crippen molar-refractivity contribution >= 4 is 17.4 Å². The maximum atomic E-state index is 13.1. The number of phenolic OH excluding ortho intramolecular Hbond substituents is 1. The lowest BCUT2D eigenvalue weighted by atomic mass is 9.95. The number of piperidine rings is 1. The number of hydrogen-bond acceptors (Lipinski definition) is 7. The zero-order valence-electron chi connectivity index (χ0n) is 17.9. The number of carbonyl (C=O) groups excluding carboxylic acids is 1. The Morgan fingerprint density at radius 2 is 1.62 bits per heavy atom. The van der Waals surface area contributed by atoms with Crippen molar-refractivity contribution in [2.45, 2.75) is 12.8 Å². The molecular weight excluding hydrogens is 406 g/mol. The molecule has 0 radical (unpaired) electrons. The molecule has 2 aliphatic heterocycles. The maximum Gasteiger partial charge on any atom is 0.225 e. The Balaban J connectivity index is 1.14. The third-order valence-corrected chi connectivity index (χ3v) is 6.38. The number of aromatic nitrogens is 4. The minimum absolute atomic E-state index is 0.0708. The third-order valence-electron chi connectivity index (χ3n) is 6.38. The highest BCUT2D eigenvalue weighted by Gasteiger charge is 2.31. The summed E-state index contributed by atoms with van der Waals surface area (Å²) >= 11 is 0. The van der Waals surface area contributed by atoms with Crippen molar-refractivity contribution in [1.29, 1.82) is 0 Å². The van der Waals surface area contributed by atoms with Crippen molar-refractivity contribution in [1.82, 2.24) is 24.4 Å². The van der Waals surface area contributed by atoms with Crippen LogP contribution in [0.15, 0.2) is 55.4 Å². The van der Waals surface area contributed by atoms with Crippen LogP contribution in [0.2, 0.25) is 0 Å². The summed E-state index contributed by atoms with van der Waals surface area (Å²) in [4.78, 5) is 32.5. The van der Waals surface area contributed by atoms with E-state index in [2.05, 4.69) is 24.8 Å². The predicted octanol–water partition coefficient (Wildman–Crippen LogP) is 1.93. The van der Waals surface area contributed by atoms with E-state index in [1.807, 2.05) is 33.9 Å². The minimum atomic E-state index is 0.0708. The summed E-state index contributed by atoms with van der Waals surface area (Å²) in [5.41, 5.74) is 1.09. The fraction of sp³-hybridized carbons (Fsp3) is 0.391. The van der Waals surface area contributed by atoms with Gasteiger partial charge < -0.3 is 19.8 Å². The smallest absolute Gasteiger partial charge is 0.225 e. The van der Waals surface area contributed by atoms with Gasteiger partial charge in [-0.2, -0.15) is 0 Å². The Hall–Kier alpha value is -3.62. The summed E-state index contributed by atoms with van der Waals surface area (Å²) < 4.78 is 1.86. The second-order valence-electron chi connectivity index (χ2n) is 8.29. The first-order chi connectivity index (χ1) is 15.7. The Bertz CT molecular complexity index is 1040. The van der Waals surface area contributed by atoms with Gasteiger partial charge >= 0.3 is 0 Å². The topological polar surface area (TPSA) is 90.6 Å². The predicted molar refractivity (Wildman–Crippen MR) is 121 cm³/mol. The molecule has 32 heavy (non-hydrogen) atoms. The van der Waals surface area contributed by atoms with Crippen LogP contribution in [0.1, 0.15) is 12.8 Å². The molecule has 5 rings (SSSR count). The van der Waals surface area contributed by atoms with Gasteiger partial charge in [0.25, 0.3) is 0 Å². The van der Waals surface area contributed by atoms with Crippen molar-refractivity contribution in [3.05, 3.63) is 55.4 Å². The molecule has 0 unspecified atom stereocenters. The molecular formula is C23H27N7O2. The van der Waals surface area contributed by atoms with Gasteiger partial charge in [-0.3, -0.25) is 9.36 Å². The highest BCUT2D eigenvalue weighted by Crippen LogP contribution is 2.25. The number of phenols is 1. The van der Waals surface area contributed by atoms with E-state index in [1.165, 1.54) is 0 Å². The van der Waals surface area contributed by atoms with Gasteiger partial charge in [0.05, 0.1) is 0 Å². The number of piperazine rings is 1. The van der Waals surface area contributed by atoms with Gasteiger partial charge in [-0.1, -0.05) is 0 Å². The van der Waals surface area contributed by atoms with E-state index in [9.17, 15) is 9.90 Å². The molecule has 166 valence electrons. The van der Waals surface area contributed by atoms with Crippen molar-refractivity contribution in [2.24, 2.45) is 5.92 Å². The monoisotopic (exact) mass is 433 g/mol. The van der Waals surface area contributed by atoms with Gasteiger partial charge in [0.1, 0.15) is 30.0 Å². The summed E-state index contributed by atoms with van der Waals surface area (Å²) in [6.07, 6.45) is 8.55. The molecule has 0 atom stereocenters. The normalized spacial score (nSPS) is 17.6. The lowest BCUT2D eigenvalue weighted by Gasteiger charge is -2.39. The first-order valence-electron chi connectivity index (χ1n) is 11.1. The molecule has 0 saturated carbocycles. The molecule has 2 saturated heterocycles. The molecule has 9 nitrogen and oxygen atoms in total. The number of carbonyl (C=O) groups is 1. The van der Waals surface area contributed by atoms with Crippen LogP contribution in [0, 0.1) is 5.92 Å². The quantitative estimate of drug-likeness (QED) is 0.672. The molecule has 4 heterocycles. The standard InChI is InChI=1S/C23H27N7O2/c31-20-3-1-19(2-4-20)27-11-13-29(14-12-27)23(32)18-5-8-28(9-6-18)21-15-22(26-16-25-21)30-10-7-24-17-30/h1-4,7,10,15-18,31H,5-6,8-9,11-14H2. The van der Waals surface area contributed by atoms with Gasteiger partial charge in [-0.25, -0.2) is 15.0 Å². The summed E-state index contributed by atoms with van der Waals surface area (Å²) in [6, 6.07) is 9.22. The maximum absolute atomic E-state index is 13.1. The van der Waals surface area contributed by atoms with E-state index in [-0.39, 0.29) is 17.6 Å². The second kappa shape index (κ2) is 8.86. The van der Waals surface area contributed by atoms with Crippen LogP contribution >= 0.6 is 0 Å². The highest BCUT2D eigenvalue weighted by molar-refractivity contribution is 5.79. The minimum Gasteiger partial charge on any atom is -0.508 e. The van der Waals surface area contributed by atoms with Gasteiger partial charge in [-0.15, -0.1) is 0 Å². The number of rotatable bonds is 4. The zero-order chi connectivity index (χ0) is 21.9. The van der Waals surface area contributed by atoms with Crippen LogP contribution in [0.25, 0.3) is 5.82 Å². The lowest BCUT2D eigenvalue weighted by molar-refractivity contribution is -0.136. The molecule has 3 aromatic rings. The van der Waals surface area contributed by atoms with E-state index in [0.29, 0.717) is 0 Å². The van der Waals surface area contributed by atoms with E-state index in [4.69, 9.17) is 0 Å². The SMILES string of the molecule is O=C(C1CCN(c2cc(-n3ccnc3)ncn2)CC1)N1CCN(c2ccc(O)cc2)CC1. The van der Waals surface area contributed by atoms with E-state index >= 15 is 0 Å². The van der Waals surface area contributed by atoms with Crippen molar-refractivity contribution in [2.75, 3.05) is 49.1 Å². The van der Waals surface area contributed by atoms with Crippen LogP contribution in [0.5, 0.6) is 5.75 Å². The van der Waals surface area contributed by atoms with Crippen LogP contribution in [0.4, 0.5) is 11.5 Å².